The van der Waals surface area contributed by atoms with E-state index in [0.717, 1.165) is 5.56 Å². The van der Waals surface area contributed by atoms with Crippen LogP contribution in [-0.4, -0.2) is 104 Å². The maximum atomic E-state index is 13.1. The summed E-state index contributed by atoms with van der Waals surface area (Å²) in [5.74, 6) is -1.28. The van der Waals surface area contributed by atoms with Gasteiger partial charge in [0, 0.05) is 31.1 Å². The van der Waals surface area contributed by atoms with Crippen molar-refractivity contribution in [3.63, 3.8) is 0 Å². The molecule has 36 heavy (non-hydrogen) atoms. The predicted octanol–water partition coefficient (Wildman–Crippen LogP) is -1.13. The van der Waals surface area contributed by atoms with Gasteiger partial charge in [-0.2, -0.15) is 0 Å². The number of hydrogen-bond donors (Lipinski definition) is 5. The van der Waals surface area contributed by atoms with Crippen LogP contribution < -0.4 is 9.47 Å². The number of carbonyl (C=O) groups excluding carboxylic acids is 1. The van der Waals surface area contributed by atoms with Crippen molar-refractivity contribution in [2.24, 2.45) is 0 Å². The molecule has 3 aliphatic heterocycles. The molecule has 0 radical (unpaired) electrons. The lowest BCUT2D eigenvalue weighted by atomic mass is 9.49. The van der Waals surface area contributed by atoms with Gasteiger partial charge in [-0.05, 0) is 30.9 Å². The van der Waals surface area contributed by atoms with Gasteiger partial charge >= 0.3 is 5.97 Å². The van der Waals surface area contributed by atoms with Gasteiger partial charge in [0.2, 0.25) is 6.29 Å². The Balaban J connectivity index is 1.43. The number of ketones is 1. The van der Waals surface area contributed by atoms with E-state index in [1.807, 2.05) is 6.07 Å². The van der Waals surface area contributed by atoms with Gasteiger partial charge in [-0.3, -0.25) is 9.69 Å². The fourth-order valence-electron chi connectivity index (χ4n) is 7.15. The monoisotopic (exact) mass is 503 g/mol. The van der Waals surface area contributed by atoms with Gasteiger partial charge in [0.1, 0.15) is 18.3 Å². The number of carbonyl (C=O) groups is 2. The number of likely N-dealkylation sites (tertiary alicyclic amines) is 1. The second kappa shape index (κ2) is 7.98. The second-order valence-electron chi connectivity index (χ2n) is 10.4. The van der Waals surface area contributed by atoms with Gasteiger partial charge in [-0.15, -0.1) is 6.58 Å². The Morgan fingerprint density at radius 3 is 2.72 bits per heavy atom. The van der Waals surface area contributed by atoms with E-state index >= 15 is 0 Å². The number of benzene rings is 1. The number of carboxylic acids is 1. The number of ether oxygens (including phenoxy) is 3. The van der Waals surface area contributed by atoms with E-state index < -0.39 is 53.8 Å². The van der Waals surface area contributed by atoms with Crippen molar-refractivity contribution in [1.29, 1.82) is 0 Å². The molecule has 2 saturated heterocycles. The van der Waals surface area contributed by atoms with Gasteiger partial charge in [0.15, 0.2) is 29.5 Å². The lowest BCUT2D eigenvalue weighted by Crippen LogP contribution is -2.76. The van der Waals surface area contributed by atoms with E-state index in [-0.39, 0.29) is 29.7 Å². The first-order valence-corrected chi connectivity index (χ1v) is 12.2. The molecule has 1 saturated carbocycles. The number of Topliss-reactive ketones (excluding diaryl/α,β-unsaturated/α-hetero) is 1. The summed E-state index contributed by atoms with van der Waals surface area (Å²) in [4.78, 5) is 26.8. The predicted molar refractivity (Wildman–Crippen MR) is 121 cm³/mol. The summed E-state index contributed by atoms with van der Waals surface area (Å²) in [5, 5.41) is 52.1. The number of hydrogen-bond acceptors (Lipinski definition) is 10. The second-order valence-corrected chi connectivity index (χ2v) is 10.4. The minimum absolute atomic E-state index is 0.0939. The van der Waals surface area contributed by atoms with E-state index in [0.29, 0.717) is 37.9 Å². The maximum absolute atomic E-state index is 13.1. The van der Waals surface area contributed by atoms with Crippen LogP contribution in [0.25, 0.3) is 0 Å². The molecule has 1 aromatic rings. The van der Waals surface area contributed by atoms with Crippen LogP contribution in [0.1, 0.15) is 30.4 Å². The third-order valence-corrected chi connectivity index (χ3v) is 8.77. The maximum Gasteiger partial charge on any atom is 0.335 e. The van der Waals surface area contributed by atoms with Crippen LogP contribution in [-0.2, 0) is 26.2 Å². The molecule has 0 aromatic heterocycles. The zero-order valence-electron chi connectivity index (χ0n) is 19.4. The highest BCUT2D eigenvalue weighted by molar-refractivity contribution is 5.90. The van der Waals surface area contributed by atoms with Crippen molar-refractivity contribution < 1.29 is 49.3 Å². The number of piperidine rings is 1. The average molecular weight is 504 g/mol. The Bertz CT molecular complexity index is 1140. The molecule has 11 nitrogen and oxygen atoms in total. The fraction of sp³-hybridized carbons (Fsp3) is 0.600. The molecular formula is C25H29NO10. The zero-order chi connectivity index (χ0) is 25.6. The fourth-order valence-corrected chi connectivity index (χ4v) is 7.15. The van der Waals surface area contributed by atoms with Crippen molar-refractivity contribution in [3.8, 4) is 11.5 Å². The van der Waals surface area contributed by atoms with Gasteiger partial charge in [-0.25, -0.2) is 4.79 Å². The average Bonchev–Trinajstić information content (AvgIpc) is 3.20. The van der Waals surface area contributed by atoms with Crippen LogP contribution in [0.4, 0.5) is 0 Å². The van der Waals surface area contributed by atoms with E-state index in [4.69, 9.17) is 14.2 Å². The first-order valence-electron chi connectivity index (χ1n) is 12.2. The molecule has 9 atom stereocenters. The third-order valence-electron chi connectivity index (χ3n) is 8.77. The first-order chi connectivity index (χ1) is 17.1. The van der Waals surface area contributed by atoms with Crippen molar-refractivity contribution in [2.45, 2.75) is 79.6 Å². The molecule has 0 amide bonds. The summed E-state index contributed by atoms with van der Waals surface area (Å²) in [5.41, 5.74) is -0.546. The first kappa shape index (κ1) is 23.8. The highest BCUT2D eigenvalue weighted by Crippen LogP contribution is 2.65. The molecule has 2 bridgehead atoms. The molecule has 11 heteroatoms. The van der Waals surface area contributed by atoms with Crippen molar-refractivity contribution in [1.82, 2.24) is 4.90 Å². The van der Waals surface area contributed by atoms with E-state index in [1.165, 1.54) is 0 Å². The van der Waals surface area contributed by atoms with Crippen LogP contribution >= 0.6 is 0 Å². The van der Waals surface area contributed by atoms with E-state index in [9.17, 15) is 35.1 Å². The van der Waals surface area contributed by atoms with Gasteiger partial charge in [-0.1, -0.05) is 12.1 Å². The molecule has 5 aliphatic rings. The van der Waals surface area contributed by atoms with Gasteiger partial charge in [0.25, 0.3) is 0 Å². The molecule has 5 N–H and O–H groups in total. The number of rotatable bonds is 5. The standard InChI is InChI=1S/C25H29NO10/c1-2-8-26-9-7-24-15-11-3-4-13(34-23-18(30)16(28)17(29)20(36-23)22(31)32)19(15)35-21(24)12(27)5-6-25(24,33)14(26)10-11/h2-4,14,16-18,20-21,23,28-30,33H,1,5-10H2,(H,31,32)/t14?,16-,17-,18+,20-,21-,23+,24-,25+/m0/s1. The van der Waals surface area contributed by atoms with Crippen LogP contribution in [0, 0.1) is 0 Å². The van der Waals surface area contributed by atoms with Gasteiger partial charge in [0.05, 0.1) is 11.0 Å². The third kappa shape index (κ3) is 2.89. The lowest BCUT2D eigenvalue weighted by molar-refractivity contribution is -0.271. The van der Waals surface area contributed by atoms with E-state index in [2.05, 4.69) is 11.5 Å². The normalized spacial score (nSPS) is 42.9. The highest BCUT2D eigenvalue weighted by atomic mass is 16.7. The minimum atomic E-state index is -1.85. The Kier molecular flexibility index (Phi) is 5.28. The van der Waals surface area contributed by atoms with Crippen LogP contribution in [0.15, 0.2) is 24.8 Å². The quantitative estimate of drug-likeness (QED) is 0.309. The molecule has 6 rings (SSSR count). The lowest BCUT2D eigenvalue weighted by Gasteiger charge is -2.62. The number of carboxylic acid groups (broad SMARTS) is 1. The Labute approximate surface area is 206 Å². The summed E-state index contributed by atoms with van der Waals surface area (Å²) in [6, 6.07) is 3.19. The molecule has 1 spiro atoms. The number of aliphatic carboxylic acids is 1. The molecule has 2 aliphatic carbocycles. The molecular weight excluding hydrogens is 474 g/mol. The smallest absolute Gasteiger partial charge is 0.335 e. The van der Waals surface area contributed by atoms with Crippen LogP contribution in [0.3, 0.4) is 0 Å². The topological polar surface area (TPSA) is 166 Å². The van der Waals surface area contributed by atoms with E-state index in [1.54, 1.807) is 12.1 Å². The Morgan fingerprint density at radius 1 is 1.22 bits per heavy atom. The minimum Gasteiger partial charge on any atom is -0.479 e. The zero-order valence-corrected chi connectivity index (χ0v) is 19.4. The summed E-state index contributed by atoms with van der Waals surface area (Å²) in [7, 11) is 0. The number of aliphatic hydroxyl groups is 4. The van der Waals surface area contributed by atoms with Crippen LogP contribution in [0.5, 0.6) is 11.5 Å². The summed E-state index contributed by atoms with van der Waals surface area (Å²) in [6.45, 7) is 5.10. The molecule has 3 fully saturated rings. The summed E-state index contributed by atoms with van der Waals surface area (Å²) in [6.07, 6.45) is -6.44. The van der Waals surface area contributed by atoms with Gasteiger partial charge < -0.3 is 39.7 Å². The number of nitrogens with zero attached hydrogens (tertiary/aromatic N) is 1. The largest absolute Gasteiger partial charge is 0.479 e. The summed E-state index contributed by atoms with van der Waals surface area (Å²) < 4.78 is 17.4. The number of aliphatic hydroxyl groups excluding tert-OH is 3. The molecule has 1 unspecified atom stereocenters. The van der Waals surface area contributed by atoms with Crippen molar-refractivity contribution in [3.05, 3.63) is 35.9 Å². The summed E-state index contributed by atoms with van der Waals surface area (Å²) >= 11 is 0. The van der Waals surface area contributed by atoms with Crippen LogP contribution in [0.2, 0.25) is 0 Å². The van der Waals surface area contributed by atoms with Crippen molar-refractivity contribution in [2.75, 3.05) is 13.1 Å². The van der Waals surface area contributed by atoms with Crippen molar-refractivity contribution >= 4 is 11.8 Å². The highest BCUT2D eigenvalue weighted by Gasteiger charge is 2.73. The Hall–Kier alpha value is -2.54. The molecule has 3 heterocycles. The Morgan fingerprint density at radius 2 is 2.00 bits per heavy atom. The SMILES string of the molecule is C=CCN1CC[C@]23c4c5ccc(O[C@@H]6O[C@H](C(=O)O)[C@@H](O)[C@H](O)[C@H]6O)c4O[C@H]2C(=O)CC[C@@]3(O)C1C5. The molecule has 1 aromatic carbocycles. The molecule has 194 valence electrons.